The predicted molar refractivity (Wildman–Crippen MR) is 105 cm³/mol. The number of thiophene rings is 1. The number of hydrogen-bond donors (Lipinski definition) is 1. The van der Waals surface area contributed by atoms with Gasteiger partial charge in [-0.05, 0) is 65.6 Å². The summed E-state index contributed by atoms with van der Waals surface area (Å²) in [4.78, 5) is 17.0. The second kappa shape index (κ2) is 8.96. The molecule has 0 saturated heterocycles. The first-order valence-corrected chi connectivity index (χ1v) is 10.2. The third kappa shape index (κ3) is 5.16. The van der Waals surface area contributed by atoms with Crippen molar-refractivity contribution in [2.24, 2.45) is 0 Å². The molecule has 0 aliphatic heterocycles. The Morgan fingerprint density at radius 2 is 2.04 bits per heavy atom. The number of halogens is 1. The van der Waals surface area contributed by atoms with Gasteiger partial charge in [0.05, 0.1) is 5.56 Å². The van der Waals surface area contributed by atoms with Gasteiger partial charge in [-0.3, -0.25) is 4.79 Å². The van der Waals surface area contributed by atoms with Gasteiger partial charge in [-0.25, -0.2) is 9.37 Å². The van der Waals surface area contributed by atoms with Crippen LogP contribution in [-0.4, -0.2) is 16.9 Å². The molecule has 0 fully saturated rings. The van der Waals surface area contributed by atoms with Gasteiger partial charge in [0.1, 0.15) is 10.8 Å². The normalized spacial score (nSPS) is 11.9. The number of carbonyl (C=O) groups excluding carboxylic acids is 1. The van der Waals surface area contributed by atoms with Crippen LogP contribution in [0.3, 0.4) is 0 Å². The van der Waals surface area contributed by atoms with Gasteiger partial charge in [-0.2, -0.15) is 11.3 Å². The zero-order chi connectivity index (χ0) is 18.4. The molecule has 1 N–H and O–H groups in total. The summed E-state index contributed by atoms with van der Waals surface area (Å²) in [5.41, 5.74) is 2.77. The summed E-state index contributed by atoms with van der Waals surface area (Å²) in [5, 5.41) is 7.85. The summed E-state index contributed by atoms with van der Waals surface area (Å²) in [5.74, 6) is 0.251. The zero-order valence-electron chi connectivity index (χ0n) is 14.3. The van der Waals surface area contributed by atoms with E-state index in [0.29, 0.717) is 16.3 Å². The second-order valence-electron chi connectivity index (χ2n) is 5.98. The molecule has 1 atom stereocenters. The molecular weight excluding hydrogens is 367 g/mol. The van der Waals surface area contributed by atoms with Gasteiger partial charge in [0.25, 0.3) is 5.91 Å². The Labute approximate surface area is 160 Å². The van der Waals surface area contributed by atoms with Crippen LogP contribution in [0.4, 0.5) is 4.39 Å². The van der Waals surface area contributed by atoms with Crippen LogP contribution in [0.5, 0.6) is 0 Å². The Morgan fingerprint density at radius 1 is 1.23 bits per heavy atom. The van der Waals surface area contributed by atoms with Gasteiger partial charge >= 0.3 is 0 Å². The molecule has 26 heavy (non-hydrogen) atoms. The number of rotatable bonds is 7. The third-order valence-corrected chi connectivity index (χ3v) is 5.61. The van der Waals surface area contributed by atoms with Gasteiger partial charge in [-0.15, -0.1) is 11.8 Å². The average Bonchev–Trinajstić information content (AvgIpc) is 3.14. The maximum atomic E-state index is 13.0. The number of hydrogen-bond acceptors (Lipinski definition) is 4. The van der Waals surface area contributed by atoms with Crippen LogP contribution in [0.2, 0.25) is 0 Å². The van der Waals surface area contributed by atoms with E-state index in [1.54, 1.807) is 41.8 Å². The second-order valence-corrected chi connectivity index (χ2v) is 7.73. The van der Waals surface area contributed by atoms with E-state index in [9.17, 15) is 9.18 Å². The number of carbonyl (C=O) groups is 1. The minimum Gasteiger partial charge on any atom is -0.349 e. The Hall–Kier alpha value is -2.18. The molecule has 0 saturated carbocycles. The molecule has 1 unspecified atom stereocenters. The first kappa shape index (κ1) is 18.6. The van der Waals surface area contributed by atoms with Gasteiger partial charge in [-0.1, -0.05) is 12.1 Å². The Kier molecular flexibility index (Phi) is 6.41. The lowest BCUT2D eigenvalue weighted by Gasteiger charge is -2.14. The molecule has 3 rings (SSSR count). The number of pyridine rings is 1. The van der Waals surface area contributed by atoms with Crippen LogP contribution >= 0.6 is 23.1 Å². The lowest BCUT2D eigenvalue weighted by molar-refractivity contribution is 0.0936. The van der Waals surface area contributed by atoms with Crippen molar-refractivity contribution in [3.63, 3.8) is 0 Å². The summed E-state index contributed by atoms with van der Waals surface area (Å²) < 4.78 is 13.0. The SMILES string of the molecule is CC(Cc1ccsc1)NC(=O)c1cccnc1SCc1ccc(F)cc1. The molecule has 1 amide bonds. The molecule has 6 heteroatoms. The van der Waals surface area contributed by atoms with E-state index in [1.807, 2.05) is 12.3 Å². The Morgan fingerprint density at radius 3 is 2.77 bits per heavy atom. The van der Waals surface area contributed by atoms with Crippen LogP contribution in [-0.2, 0) is 12.2 Å². The fourth-order valence-corrected chi connectivity index (χ4v) is 4.15. The van der Waals surface area contributed by atoms with Crippen molar-refractivity contribution in [3.8, 4) is 0 Å². The first-order chi connectivity index (χ1) is 12.6. The molecule has 3 aromatic rings. The number of amides is 1. The molecule has 3 nitrogen and oxygen atoms in total. The highest BCUT2D eigenvalue weighted by molar-refractivity contribution is 7.98. The molecule has 0 aliphatic rings. The monoisotopic (exact) mass is 386 g/mol. The summed E-state index contributed by atoms with van der Waals surface area (Å²) >= 11 is 3.13. The highest BCUT2D eigenvalue weighted by Crippen LogP contribution is 2.24. The van der Waals surface area contributed by atoms with E-state index in [2.05, 4.69) is 21.7 Å². The van der Waals surface area contributed by atoms with Gasteiger partial charge in [0.2, 0.25) is 0 Å². The molecule has 134 valence electrons. The lowest BCUT2D eigenvalue weighted by Crippen LogP contribution is -2.34. The van der Waals surface area contributed by atoms with Gasteiger partial charge in [0, 0.05) is 18.0 Å². The zero-order valence-corrected chi connectivity index (χ0v) is 15.9. The molecule has 1 aromatic carbocycles. The molecule has 0 aliphatic carbocycles. The number of thioether (sulfide) groups is 1. The van der Waals surface area contributed by atoms with Crippen molar-refractivity contribution < 1.29 is 9.18 Å². The van der Waals surface area contributed by atoms with Crippen molar-refractivity contribution in [2.75, 3.05) is 0 Å². The minimum atomic E-state index is -0.253. The number of aromatic nitrogens is 1. The summed E-state index contributed by atoms with van der Waals surface area (Å²) in [6.45, 7) is 2.00. The molecule has 2 heterocycles. The van der Waals surface area contributed by atoms with Gasteiger partial charge < -0.3 is 5.32 Å². The van der Waals surface area contributed by atoms with Crippen molar-refractivity contribution >= 4 is 29.0 Å². The van der Waals surface area contributed by atoms with E-state index in [0.717, 1.165) is 12.0 Å². The summed E-state index contributed by atoms with van der Waals surface area (Å²) in [6.07, 6.45) is 2.48. The number of benzene rings is 1. The van der Waals surface area contributed by atoms with Crippen LogP contribution in [0.1, 0.15) is 28.4 Å². The largest absolute Gasteiger partial charge is 0.349 e. The highest BCUT2D eigenvalue weighted by Gasteiger charge is 2.15. The minimum absolute atomic E-state index is 0.0345. The quantitative estimate of drug-likeness (QED) is 0.585. The molecule has 0 radical (unpaired) electrons. The summed E-state index contributed by atoms with van der Waals surface area (Å²) in [6, 6.07) is 12.0. The van der Waals surface area contributed by atoms with Crippen molar-refractivity contribution in [1.82, 2.24) is 10.3 Å². The van der Waals surface area contributed by atoms with Crippen molar-refractivity contribution in [2.45, 2.75) is 30.2 Å². The highest BCUT2D eigenvalue weighted by atomic mass is 32.2. The van der Waals surface area contributed by atoms with E-state index >= 15 is 0 Å². The molecule has 0 spiro atoms. The first-order valence-electron chi connectivity index (χ1n) is 8.26. The Balaban J connectivity index is 1.63. The van der Waals surface area contributed by atoms with E-state index in [1.165, 1.54) is 29.5 Å². The smallest absolute Gasteiger partial charge is 0.254 e. The van der Waals surface area contributed by atoms with E-state index < -0.39 is 0 Å². The van der Waals surface area contributed by atoms with Gasteiger partial charge in [0.15, 0.2) is 0 Å². The maximum Gasteiger partial charge on any atom is 0.254 e. The van der Waals surface area contributed by atoms with E-state index in [4.69, 9.17) is 0 Å². The fourth-order valence-electron chi connectivity index (χ4n) is 2.53. The fraction of sp³-hybridized carbons (Fsp3) is 0.200. The van der Waals surface area contributed by atoms with Crippen molar-refractivity contribution in [3.05, 3.63) is 81.9 Å². The van der Waals surface area contributed by atoms with Crippen LogP contribution in [0.25, 0.3) is 0 Å². The number of nitrogens with one attached hydrogen (secondary N) is 1. The number of nitrogens with zero attached hydrogens (tertiary/aromatic N) is 1. The topological polar surface area (TPSA) is 42.0 Å². The average molecular weight is 387 g/mol. The summed E-state index contributed by atoms with van der Waals surface area (Å²) in [7, 11) is 0. The molecule has 2 aromatic heterocycles. The lowest BCUT2D eigenvalue weighted by atomic mass is 10.1. The van der Waals surface area contributed by atoms with Crippen LogP contribution in [0.15, 0.2) is 64.4 Å². The predicted octanol–water partition coefficient (Wildman–Crippen LogP) is 4.94. The van der Waals surface area contributed by atoms with E-state index in [-0.39, 0.29) is 17.8 Å². The Bertz CT molecular complexity index is 851. The molecular formula is C20H19FN2OS2. The molecule has 0 bridgehead atoms. The third-order valence-electron chi connectivity index (χ3n) is 3.80. The van der Waals surface area contributed by atoms with Crippen LogP contribution < -0.4 is 5.32 Å². The maximum absolute atomic E-state index is 13.0. The van der Waals surface area contributed by atoms with Crippen molar-refractivity contribution in [1.29, 1.82) is 0 Å². The standard InChI is InChI=1S/C20H19FN2OS2/c1-14(11-16-8-10-25-12-16)23-19(24)18-3-2-9-22-20(18)26-13-15-4-6-17(21)7-5-15/h2-10,12,14H,11,13H2,1H3,(H,23,24). The van der Waals surface area contributed by atoms with Crippen LogP contribution in [0, 0.1) is 5.82 Å².